The second kappa shape index (κ2) is 6.83. The number of piperidine rings is 1. The van der Waals surface area contributed by atoms with Crippen LogP contribution in [0.15, 0.2) is 30.3 Å². The van der Waals surface area contributed by atoms with Gasteiger partial charge in [0.05, 0.1) is 7.11 Å². The highest BCUT2D eigenvalue weighted by atomic mass is 16.5. The fourth-order valence-corrected chi connectivity index (χ4v) is 3.15. The first-order chi connectivity index (χ1) is 11.2. The Morgan fingerprint density at radius 3 is 3.09 bits per heavy atom. The standard InChI is InChI=1S/C17H22N4O2/c1-23-14-6-2-4-12(8-14)10-21-7-3-5-13(11-21)15-9-16(17(18)22)20-19-15/h2,4,6,8-9,13H,3,5,7,10-11H2,1H3,(H2,18,22)(H,19,20)/t13-/m0/s1. The van der Waals surface area contributed by atoms with Crippen LogP contribution < -0.4 is 10.5 Å². The van der Waals surface area contributed by atoms with Gasteiger partial charge in [-0.15, -0.1) is 0 Å². The summed E-state index contributed by atoms with van der Waals surface area (Å²) in [7, 11) is 1.69. The number of carbonyl (C=O) groups is 1. The number of methoxy groups -OCH3 is 1. The van der Waals surface area contributed by atoms with E-state index in [1.807, 2.05) is 12.1 Å². The molecule has 1 aromatic carbocycles. The number of nitrogens with zero attached hydrogens (tertiary/aromatic N) is 2. The summed E-state index contributed by atoms with van der Waals surface area (Å²) in [6, 6.07) is 9.95. The summed E-state index contributed by atoms with van der Waals surface area (Å²) in [6.07, 6.45) is 2.22. The average Bonchev–Trinajstić information content (AvgIpc) is 3.06. The van der Waals surface area contributed by atoms with Crippen LogP contribution in [0.5, 0.6) is 5.75 Å². The smallest absolute Gasteiger partial charge is 0.269 e. The minimum atomic E-state index is -0.489. The molecule has 2 heterocycles. The van der Waals surface area contributed by atoms with Gasteiger partial charge in [-0.05, 0) is 43.1 Å². The van der Waals surface area contributed by atoms with E-state index in [-0.39, 0.29) is 0 Å². The lowest BCUT2D eigenvalue weighted by atomic mass is 9.94. The molecule has 0 saturated carbocycles. The first-order valence-electron chi connectivity index (χ1n) is 7.86. The van der Waals surface area contributed by atoms with Gasteiger partial charge in [0, 0.05) is 24.7 Å². The molecule has 3 rings (SSSR count). The molecule has 1 aromatic heterocycles. The molecule has 0 bridgehead atoms. The van der Waals surface area contributed by atoms with E-state index in [1.165, 1.54) is 5.56 Å². The molecule has 1 amide bonds. The molecule has 2 aromatic rings. The minimum absolute atomic E-state index is 0.310. The SMILES string of the molecule is COc1cccc(CN2CCC[C@H](c3cc(C(N)=O)n[nH]3)C2)c1. The van der Waals surface area contributed by atoms with Crippen molar-refractivity contribution in [3.8, 4) is 5.75 Å². The Morgan fingerprint density at radius 1 is 1.48 bits per heavy atom. The Bertz CT molecular complexity index is 683. The van der Waals surface area contributed by atoms with Gasteiger partial charge < -0.3 is 10.5 Å². The van der Waals surface area contributed by atoms with Crippen LogP contribution in [0.4, 0.5) is 0 Å². The van der Waals surface area contributed by atoms with Gasteiger partial charge in [0.25, 0.3) is 5.91 Å². The quantitative estimate of drug-likeness (QED) is 0.883. The lowest BCUT2D eigenvalue weighted by Crippen LogP contribution is -2.34. The molecule has 1 fully saturated rings. The monoisotopic (exact) mass is 314 g/mol. The predicted octanol–water partition coefficient (Wildman–Crippen LogP) is 1.90. The molecule has 1 aliphatic rings. The Morgan fingerprint density at radius 2 is 2.35 bits per heavy atom. The first-order valence-corrected chi connectivity index (χ1v) is 7.86. The van der Waals surface area contributed by atoms with Crippen LogP contribution in [0.2, 0.25) is 0 Å². The third-order valence-corrected chi connectivity index (χ3v) is 4.34. The molecule has 0 spiro atoms. The molecular weight excluding hydrogens is 292 g/mol. The molecule has 1 saturated heterocycles. The van der Waals surface area contributed by atoms with Gasteiger partial charge in [0.2, 0.25) is 0 Å². The number of rotatable bonds is 5. The number of likely N-dealkylation sites (tertiary alicyclic amines) is 1. The third kappa shape index (κ3) is 3.71. The number of aromatic nitrogens is 2. The van der Waals surface area contributed by atoms with Crippen molar-refractivity contribution in [3.63, 3.8) is 0 Å². The normalized spacial score (nSPS) is 18.7. The number of amides is 1. The molecule has 0 radical (unpaired) electrons. The molecule has 6 heteroatoms. The zero-order valence-corrected chi connectivity index (χ0v) is 13.3. The van der Waals surface area contributed by atoms with Crippen molar-refractivity contribution in [2.24, 2.45) is 5.73 Å². The van der Waals surface area contributed by atoms with E-state index in [9.17, 15) is 4.79 Å². The van der Waals surface area contributed by atoms with E-state index in [0.717, 1.165) is 43.9 Å². The Hall–Kier alpha value is -2.34. The van der Waals surface area contributed by atoms with Crippen molar-refractivity contribution in [3.05, 3.63) is 47.3 Å². The number of carbonyl (C=O) groups excluding carboxylic acids is 1. The summed E-state index contributed by atoms with van der Waals surface area (Å²) in [5.74, 6) is 0.752. The minimum Gasteiger partial charge on any atom is -0.497 e. The molecule has 122 valence electrons. The molecule has 1 aliphatic heterocycles. The highest BCUT2D eigenvalue weighted by Gasteiger charge is 2.23. The summed E-state index contributed by atoms with van der Waals surface area (Å²) in [6.45, 7) is 2.91. The number of nitrogens with two attached hydrogens (primary N) is 1. The Kier molecular flexibility index (Phi) is 4.62. The van der Waals surface area contributed by atoms with E-state index in [1.54, 1.807) is 13.2 Å². The molecule has 6 nitrogen and oxygen atoms in total. The maximum atomic E-state index is 11.2. The fraction of sp³-hybridized carbons (Fsp3) is 0.412. The predicted molar refractivity (Wildman–Crippen MR) is 87.4 cm³/mol. The van der Waals surface area contributed by atoms with E-state index in [2.05, 4.69) is 27.2 Å². The van der Waals surface area contributed by atoms with Gasteiger partial charge >= 0.3 is 0 Å². The number of aromatic amines is 1. The number of nitrogens with one attached hydrogen (secondary N) is 1. The Balaban J connectivity index is 1.66. The number of H-pyrrole nitrogens is 1. The van der Waals surface area contributed by atoms with Gasteiger partial charge in [-0.1, -0.05) is 12.1 Å². The highest BCUT2D eigenvalue weighted by Crippen LogP contribution is 2.27. The van der Waals surface area contributed by atoms with Gasteiger partial charge in [-0.2, -0.15) is 5.10 Å². The van der Waals surface area contributed by atoms with Gasteiger partial charge in [0.1, 0.15) is 11.4 Å². The van der Waals surface area contributed by atoms with E-state index in [4.69, 9.17) is 10.5 Å². The van der Waals surface area contributed by atoms with Crippen molar-refractivity contribution in [2.45, 2.75) is 25.3 Å². The van der Waals surface area contributed by atoms with Crippen LogP contribution in [0.3, 0.4) is 0 Å². The van der Waals surface area contributed by atoms with Crippen LogP contribution in [0.1, 0.15) is 40.5 Å². The molecule has 0 aliphatic carbocycles. The third-order valence-electron chi connectivity index (χ3n) is 4.34. The van der Waals surface area contributed by atoms with Crippen molar-refractivity contribution < 1.29 is 9.53 Å². The molecule has 23 heavy (non-hydrogen) atoms. The van der Waals surface area contributed by atoms with Crippen LogP contribution >= 0.6 is 0 Å². The average molecular weight is 314 g/mol. The van der Waals surface area contributed by atoms with Crippen molar-refractivity contribution >= 4 is 5.91 Å². The number of primary amides is 1. The van der Waals surface area contributed by atoms with Crippen molar-refractivity contribution in [1.29, 1.82) is 0 Å². The first kappa shape index (κ1) is 15.6. The van der Waals surface area contributed by atoms with Gasteiger partial charge in [-0.25, -0.2) is 0 Å². The summed E-state index contributed by atoms with van der Waals surface area (Å²) in [5, 5.41) is 6.95. The summed E-state index contributed by atoms with van der Waals surface area (Å²) in [4.78, 5) is 13.6. The van der Waals surface area contributed by atoms with Crippen LogP contribution in [0, 0.1) is 0 Å². The van der Waals surface area contributed by atoms with Crippen LogP contribution in [-0.4, -0.2) is 41.2 Å². The zero-order valence-electron chi connectivity index (χ0n) is 13.3. The maximum Gasteiger partial charge on any atom is 0.269 e. The topological polar surface area (TPSA) is 84.2 Å². The number of benzene rings is 1. The maximum absolute atomic E-state index is 11.2. The van der Waals surface area contributed by atoms with Crippen LogP contribution in [0.25, 0.3) is 0 Å². The molecule has 1 atom stereocenters. The Labute approximate surface area is 135 Å². The molecule has 3 N–H and O–H groups in total. The van der Waals surface area contributed by atoms with E-state index < -0.39 is 5.91 Å². The number of hydrogen-bond donors (Lipinski definition) is 2. The largest absolute Gasteiger partial charge is 0.497 e. The van der Waals surface area contributed by atoms with Gasteiger partial charge in [-0.3, -0.25) is 14.8 Å². The lowest BCUT2D eigenvalue weighted by molar-refractivity contribution is 0.0995. The summed E-state index contributed by atoms with van der Waals surface area (Å²) >= 11 is 0. The van der Waals surface area contributed by atoms with Crippen molar-refractivity contribution in [1.82, 2.24) is 15.1 Å². The lowest BCUT2D eigenvalue weighted by Gasteiger charge is -2.32. The number of hydrogen-bond acceptors (Lipinski definition) is 4. The second-order valence-corrected chi connectivity index (χ2v) is 6.00. The summed E-state index contributed by atoms with van der Waals surface area (Å²) in [5.41, 5.74) is 7.82. The zero-order chi connectivity index (χ0) is 16.2. The molecule has 0 unspecified atom stereocenters. The summed E-state index contributed by atoms with van der Waals surface area (Å²) < 4.78 is 5.28. The second-order valence-electron chi connectivity index (χ2n) is 6.00. The highest BCUT2D eigenvalue weighted by molar-refractivity contribution is 5.90. The number of ether oxygens (including phenoxy) is 1. The molecular formula is C17H22N4O2. The van der Waals surface area contributed by atoms with E-state index in [0.29, 0.717) is 11.6 Å². The fourth-order valence-electron chi connectivity index (χ4n) is 3.15. The van der Waals surface area contributed by atoms with Crippen LogP contribution in [-0.2, 0) is 6.54 Å². The van der Waals surface area contributed by atoms with Gasteiger partial charge in [0.15, 0.2) is 0 Å². The van der Waals surface area contributed by atoms with Crippen molar-refractivity contribution in [2.75, 3.05) is 20.2 Å². The van der Waals surface area contributed by atoms with E-state index >= 15 is 0 Å².